The number of nitrogens with one attached hydrogen (secondary N) is 1. The second kappa shape index (κ2) is 10.7. The van der Waals surface area contributed by atoms with Crippen molar-refractivity contribution < 1.29 is 14.6 Å². The van der Waals surface area contributed by atoms with Crippen LogP contribution in [0.1, 0.15) is 80.7 Å². The van der Waals surface area contributed by atoms with E-state index < -0.39 is 0 Å². The fourth-order valence-electron chi connectivity index (χ4n) is 7.60. The summed E-state index contributed by atoms with van der Waals surface area (Å²) in [5.74, 6) is 2.44. The summed E-state index contributed by atoms with van der Waals surface area (Å²) in [7, 11) is 0. The van der Waals surface area contributed by atoms with E-state index in [0.717, 1.165) is 65.4 Å². The van der Waals surface area contributed by atoms with Crippen LogP contribution < -0.4 is 5.32 Å². The lowest BCUT2D eigenvalue weighted by molar-refractivity contribution is -0.116. The van der Waals surface area contributed by atoms with Gasteiger partial charge in [-0.15, -0.1) is 11.3 Å². The van der Waals surface area contributed by atoms with E-state index >= 15 is 0 Å². The number of nitrogens with zero attached hydrogens (tertiary/aromatic N) is 1. The molecular formula is C28H36Br2N2O3S. The van der Waals surface area contributed by atoms with Crippen molar-refractivity contribution in [1.82, 2.24) is 4.98 Å². The number of aromatic hydroxyl groups is 1. The lowest BCUT2D eigenvalue weighted by Crippen LogP contribution is -2.46. The number of phenols is 1. The maximum Gasteiger partial charge on any atom is 0.226 e. The Labute approximate surface area is 235 Å². The van der Waals surface area contributed by atoms with Gasteiger partial charge in [0, 0.05) is 24.1 Å². The van der Waals surface area contributed by atoms with Gasteiger partial charge in [-0.1, -0.05) is 13.8 Å². The maximum atomic E-state index is 12.8. The summed E-state index contributed by atoms with van der Waals surface area (Å²) in [6.07, 6.45) is 9.94. The first-order chi connectivity index (χ1) is 17.2. The third-order valence-corrected chi connectivity index (χ3v) is 11.4. The molecule has 2 saturated carbocycles. The van der Waals surface area contributed by atoms with Crippen LogP contribution in [0.5, 0.6) is 5.75 Å². The SMILES string of the molecule is CCCO[C@H]1C[C@@H](CCC(=O)Nc2ncc(C)s2)C2C3CCc4c(cc(Br)c(O)c4Br)C3CC[C@@]21C. The van der Waals surface area contributed by atoms with Gasteiger partial charge in [0.25, 0.3) is 0 Å². The van der Waals surface area contributed by atoms with Crippen molar-refractivity contribution >= 4 is 54.2 Å². The molecule has 5 nitrogen and oxygen atoms in total. The number of anilines is 1. The Morgan fingerprint density at radius 2 is 2.17 bits per heavy atom. The minimum absolute atomic E-state index is 0.0636. The Kier molecular flexibility index (Phi) is 7.89. The number of fused-ring (bicyclic) bond motifs is 5. The van der Waals surface area contributed by atoms with Crippen LogP contribution in [0, 0.1) is 30.1 Å². The van der Waals surface area contributed by atoms with Crippen molar-refractivity contribution in [3.63, 3.8) is 0 Å². The number of benzene rings is 1. The second-order valence-corrected chi connectivity index (χ2v) is 14.1. The highest BCUT2D eigenvalue weighted by Crippen LogP contribution is 2.65. The van der Waals surface area contributed by atoms with Crippen molar-refractivity contribution in [1.29, 1.82) is 0 Å². The second-order valence-electron chi connectivity index (χ2n) is 11.2. The molecule has 0 bridgehead atoms. The monoisotopic (exact) mass is 638 g/mol. The highest BCUT2D eigenvalue weighted by Gasteiger charge is 2.59. The molecular weight excluding hydrogens is 604 g/mol. The third kappa shape index (κ3) is 4.80. The number of ether oxygens (including phenoxy) is 1. The van der Waals surface area contributed by atoms with E-state index in [0.29, 0.717) is 41.0 Å². The maximum absolute atomic E-state index is 12.8. The van der Waals surface area contributed by atoms with Gasteiger partial charge < -0.3 is 15.2 Å². The van der Waals surface area contributed by atoms with Crippen molar-refractivity contribution in [3.05, 3.63) is 37.2 Å². The molecule has 3 unspecified atom stereocenters. The van der Waals surface area contributed by atoms with Crippen molar-refractivity contribution in [3.8, 4) is 5.75 Å². The number of thiazole rings is 1. The van der Waals surface area contributed by atoms with E-state index in [1.165, 1.54) is 22.5 Å². The molecule has 2 aromatic rings. The Morgan fingerprint density at radius 1 is 1.36 bits per heavy atom. The lowest BCUT2D eigenvalue weighted by Gasteiger charge is -2.52. The molecule has 196 valence electrons. The molecule has 0 saturated heterocycles. The number of hydrogen-bond donors (Lipinski definition) is 2. The minimum atomic E-state index is 0.0636. The molecule has 1 heterocycles. The first-order valence-electron chi connectivity index (χ1n) is 13.3. The van der Waals surface area contributed by atoms with Gasteiger partial charge in [0.1, 0.15) is 5.75 Å². The highest BCUT2D eigenvalue weighted by molar-refractivity contribution is 9.11. The minimum Gasteiger partial charge on any atom is -0.506 e. The molecule has 1 aromatic carbocycles. The summed E-state index contributed by atoms with van der Waals surface area (Å²) < 4.78 is 8.12. The third-order valence-electron chi connectivity index (χ3n) is 9.08. The van der Waals surface area contributed by atoms with Gasteiger partial charge in [-0.3, -0.25) is 4.79 Å². The van der Waals surface area contributed by atoms with Crippen LogP contribution >= 0.6 is 43.2 Å². The number of hydrogen-bond acceptors (Lipinski definition) is 5. The van der Waals surface area contributed by atoms with Gasteiger partial charge in [0.15, 0.2) is 5.13 Å². The van der Waals surface area contributed by atoms with E-state index in [-0.39, 0.29) is 17.4 Å². The summed E-state index contributed by atoms with van der Waals surface area (Å²) in [5.41, 5.74) is 2.80. The number of aryl methyl sites for hydroxylation is 1. The van der Waals surface area contributed by atoms with Crippen LogP contribution in [0.3, 0.4) is 0 Å². The zero-order valence-electron chi connectivity index (χ0n) is 21.3. The van der Waals surface area contributed by atoms with Gasteiger partial charge in [-0.05, 0) is 130 Å². The van der Waals surface area contributed by atoms with Crippen LogP contribution in [-0.2, 0) is 16.0 Å². The van der Waals surface area contributed by atoms with Gasteiger partial charge in [0.2, 0.25) is 5.91 Å². The molecule has 2 N–H and O–H groups in total. The van der Waals surface area contributed by atoms with E-state index in [2.05, 4.69) is 62.1 Å². The fourth-order valence-corrected chi connectivity index (χ4v) is 9.63. The number of amides is 1. The summed E-state index contributed by atoms with van der Waals surface area (Å²) in [6.45, 7) is 7.45. The quantitative estimate of drug-likeness (QED) is 0.322. The van der Waals surface area contributed by atoms with Crippen LogP contribution in [0.4, 0.5) is 5.13 Å². The Balaban J connectivity index is 1.39. The smallest absolute Gasteiger partial charge is 0.226 e. The lowest BCUT2D eigenvalue weighted by atomic mass is 9.53. The molecule has 6 atom stereocenters. The van der Waals surface area contributed by atoms with Gasteiger partial charge >= 0.3 is 0 Å². The van der Waals surface area contributed by atoms with Gasteiger partial charge in [-0.2, -0.15) is 0 Å². The fraction of sp³-hybridized carbons (Fsp3) is 0.643. The normalized spacial score (nSPS) is 31.0. The molecule has 3 aliphatic carbocycles. The first-order valence-corrected chi connectivity index (χ1v) is 15.7. The zero-order valence-corrected chi connectivity index (χ0v) is 25.3. The molecule has 0 radical (unpaired) electrons. The van der Waals surface area contributed by atoms with Gasteiger partial charge in [0.05, 0.1) is 15.0 Å². The highest BCUT2D eigenvalue weighted by atomic mass is 79.9. The largest absolute Gasteiger partial charge is 0.506 e. The molecule has 0 aliphatic heterocycles. The number of rotatable bonds is 7. The van der Waals surface area contributed by atoms with E-state index in [9.17, 15) is 9.90 Å². The number of aromatic nitrogens is 1. The summed E-state index contributed by atoms with van der Waals surface area (Å²) >= 11 is 8.77. The Bertz CT molecular complexity index is 1140. The number of carbonyl (C=O) groups excluding carboxylic acids is 1. The van der Waals surface area contributed by atoms with E-state index in [1.807, 2.05) is 6.92 Å². The van der Waals surface area contributed by atoms with Crippen LogP contribution in [0.25, 0.3) is 0 Å². The summed E-state index contributed by atoms with van der Waals surface area (Å²) in [5, 5.41) is 14.2. The average Bonchev–Trinajstić information content (AvgIpc) is 3.39. The number of carbonyl (C=O) groups is 1. The number of phenolic OH excluding ortho intramolecular Hbond substituents is 1. The zero-order chi connectivity index (χ0) is 25.6. The Hall–Kier alpha value is -0.960. The molecule has 1 aromatic heterocycles. The Morgan fingerprint density at radius 3 is 2.89 bits per heavy atom. The molecule has 36 heavy (non-hydrogen) atoms. The van der Waals surface area contributed by atoms with Crippen LogP contribution in [0.2, 0.25) is 0 Å². The molecule has 3 aliphatic rings. The van der Waals surface area contributed by atoms with Gasteiger partial charge in [-0.25, -0.2) is 4.98 Å². The van der Waals surface area contributed by atoms with Crippen LogP contribution in [-0.4, -0.2) is 28.7 Å². The van der Waals surface area contributed by atoms with E-state index in [4.69, 9.17) is 4.74 Å². The average molecular weight is 640 g/mol. The molecule has 5 rings (SSSR count). The predicted molar refractivity (Wildman–Crippen MR) is 152 cm³/mol. The standard InChI is InChI=1S/C28H36Br2N2O3S/c1-4-11-35-22-12-16(5-8-23(33)32-27-31-14-15(2)36-27)24-18-6-7-19-20(13-21(29)26(34)25(19)30)17(18)9-10-28(22,24)3/h13-14,16-18,22,24,34H,4-12H2,1-3H3,(H,31,32,33)/t16-,17?,18?,22+,24?,28-/m1/s1. The first kappa shape index (κ1) is 26.6. The van der Waals surface area contributed by atoms with E-state index in [1.54, 1.807) is 6.20 Å². The van der Waals surface area contributed by atoms with Crippen molar-refractivity contribution in [2.75, 3.05) is 11.9 Å². The summed E-state index contributed by atoms with van der Waals surface area (Å²) in [6, 6.07) is 2.16. The van der Waals surface area contributed by atoms with Crippen molar-refractivity contribution in [2.24, 2.45) is 23.2 Å². The number of halogens is 2. The topological polar surface area (TPSA) is 71.5 Å². The summed E-state index contributed by atoms with van der Waals surface area (Å²) in [4.78, 5) is 18.2. The molecule has 8 heteroatoms. The molecule has 1 amide bonds. The molecule has 2 fully saturated rings. The van der Waals surface area contributed by atoms with Crippen molar-refractivity contribution in [2.45, 2.75) is 84.2 Å². The predicted octanol–water partition coefficient (Wildman–Crippen LogP) is 7.98. The molecule has 0 spiro atoms. The van der Waals surface area contributed by atoms with Crippen LogP contribution in [0.15, 0.2) is 21.2 Å².